The number of amides is 2. The molecule has 1 saturated heterocycles. The number of anilines is 2. The van der Waals surface area contributed by atoms with Gasteiger partial charge >= 0.3 is 0 Å². The van der Waals surface area contributed by atoms with E-state index in [9.17, 15) is 9.59 Å². The molecule has 0 aromatic heterocycles. The maximum absolute atomic E-state index is 12.7. The molecule has 148 valence electrons. The number of piperidine rings is 1. The topological polar surface area (TPSA) is 61.4 Å². The molecule has 2 aromatic rings. The third kappa shape index (κ3) is 5.42. The van der Waals surface area contributed by atoms with Crippen molar-refractivity contribution in [1.29, 1.82) is 0 Å². The number of benzene rings is 2. The molecule has 2 amide bonds. The lowest BCUT2D eigenvalue weighted by Crippen LogP contribution is -2.43. The predicted molar refractivity (Wildman–Crippen MR) is 113 cm³/mol. The molecule has 1 heterocycles. The van der Waals surface area contributed by atoms with Crippen LogP contribution in [0.3, 0.4) is 0 Å². The summed E-state index contributed by atoms with van der Waals surface area (Å²) in [6, 6.07) is 17.3. The first kappa shape index (κ1) is 20.1. The van der Waals surface area contributed by atoms with E-state index in [4.69, 9.17) is 0 Å². The van der Waals surface area contributed by atoms with Gasteiger partial charge in [-0.2, -0.15) is 0 Å². The van der Waals surface area contributed by atoms with Gasteiger partial charge in [0.1, 0.15) is 0 Å². The van der Waals surface area contributed by atoms with Crippen molar-refractivity contribution in [3.05, 3.63) is 60.2 Å². The van der Waals surface area contributed by atoms with Crippen LogP contribution in [0, 0.1) is 5.41 Å². The van der Waals surface area contributed by atoms with Gasteiger partial charge in [-0.25, -0.2) is 0 Å². The first-order valence-corrected chi connectivity index (χ1v) is 9.88. The minimum Gasteiger partial charge on any atom is -0.326 e. The van der Waals surface area contributed by atoms with Crippen LogP contribution in [0.1, 0.15) is 31.7 Å². The van der Waals surface area contributed by atoms with Crippen LogP contribution >= 0.6 is 0 Å². The fraction of sp³-hybridized carbons (Fsp3) is 0.391. The Kier molecular flexibility index (Phi) is 6.47. The highest BCUT2D eigenvalue weighted by atomic mass is 16.2. The summed E-state index contributed by atoms with van der Waals surface area (Å²) in [7, 11) is 2.09. The van der Waals surface area contributed by atoms with Crippen molar-refractivity contribution in [2.75, 3.05) is 30.8 Å². The number of hydrogen-bond acceptors (Lipinski definition) is 3. The van der Waals surface area contributed by atoms with E-state index in [0.717, 1.165) is 42.9 Å². The number of nitrogens with one attached hydrogen (secondary N) is 2. The molecule has 0 bridgehead atoms. The molecule has 0 atom stereocenters. The molecule has 28 heavy (non-hydrogen) atoms. The van der Waals surface area contributed by atoms with E-state index in [-0.39, 0.29) is 17.2 Å². The van der Waals surface area contributed by atoms with E-state index < -0.39 is 0 Å². The molecule has 5 heteroatoms. The van der Waals surface area contributed by atoms with Gasteiger partial charge < -0.3 is 15.5 Å². The van der Waals surface area contributed by atoms with Gasteiger partial charge in [0.15, 0.2) is 0 Å². The fourth-order valence-electron chi connectivity index (χ4n) is 3.38. The first-order chi connectivity index (χ1) is 13.4. The lowest BCUT2D eigenvalue weighted by Gasteiger charge is -2.36. The molecule has 0 unspecified atom stereocenters. The summed E-state index contributed by atoms with van der Waals surface area (Å²) in [5.41, 5.74) is 2.32. The lowest BCUT2D eigenvalue weighted by atomic mass is 9.79. The molecule has 1 aliphatic rings. The van der Waals surface area contributed by atoms with Gasteiger partial charge in [0.25, 0.3) is 0 Å². The van der Waals surface area contributed by atoms with E-state index in [1.807, 2.05) is 61.5 Å². The molecule has 1 fully saturated rings. The number of carbonyl (C=O) groups excluding carboxylic acids is 2. The van der Waals surface area contributed by atoms with Crippen LogP contribution in [0.25, 0.3) is 0 Å². The highest BCUT2D eigenvalue weighted by Crippen LogP contribution is 2.32. The normalized spacial score (nSPS) is 16.4. The summed E-state index contributed by atoms with van der Waals surface area (Å²) in [5, 5.41) is 5.94. The number of carbonyl (C=O) groups is 2. The second kappa shape index (κ2) is 9.02. The molecular formula is C23H29N3O2. The minimum absolute atomic E-state index is 0.0144. The Hall–Kier alpha value is -2.66. The van der Waals surface area contributed by atoms with Crippen LogP contribution in [-0.4, -0.2) is 36.9 Å². The number of hydrogen-bond donors (Lipinski definition) is 2. The highest BCUT2D eigenvalue weighted by Gasteiger charge is 2.36. The van der Waals surface area contributed by atoms with Gasteiger partial charge in [0.05, 0.1) is 0 Å². The zero-order valence-electron chi connectivity index (χ0n) is 16.7. The third-order valence-corrected chi connectivity index (χ3v) is 5.55. The van der Waals surface area contributed by atoms with Crippen LogP contribution in [0.5, 0.6) is 0 Å². The third-order valence-electron chi connectivity index (χ3n) is 5.55. The number of aryl methyl sites for hydroxylation is 1. The molecule has 3 rings (SSSR count). The Balaban J connectivity index is 1.49. The van der Waals surface area contributed by atoms with Crippen molar-refractivity contribution < 1.29 is 9.59 Å². The standard InChI is InChI=1S/C23H29N3O2/c1-23(14-16-26(2)17-15-23)22(28)25-20-11-9-19(10-12-20)24-21(27)13-8-18-6-4-3-5-7-18/h3-7,9-12H,8,13-17H2,1-2H3,(H,24,27)(H,25,28). The maximum Gasteiger partial charge on any atom is 0.230 e. The molecule has 2 N–H and O–H groups in total. The Labute approximate surface area is 167 Å². The Morgan fingerprint density at radius 2 is 1.50 bits per heavy atom. The van der Waals surface area contributed by atoms with Crippen molar-refractivity contribution in [3.63, 3.8) is 0 Å². The summed E-state index contributed by atoms with van der Waals surface area (Å²) < 4.78 is 0. The molecule has 0 saturated carbocycles. The molecular weight excluding hydrogens is 350 g/mol. The van der Waals surface area contributed by atoms with Gasteiger partial charge in [-0.1, -0.05) is 37.3 Å². The van der Waals surface area contributed by atoms with Crippen molar-refractivity contribution in [1.82, 2.24) is 4.90 Å². The van der Waals surface area contributed by atoms with Gasteiger partial charge in [-0.05, 0) is 69.2 Å². The van der Waals surface area contributed by atoms with E-state index in [0.29, 0.717) is 12.8 Å². The fourth-order valence-corrected chi connectivity index (χ4v) is 3.38. The Morgan fingerprint density at radius 1 is 0.929 bits per heavy atom. The van der Waals surface area contributed by atoms with Crippen molar-refractivity contribution >= 4 is 23.2 Å². The van der Waals surface area contributed by atoms with Crippen molar-refractivity contribution in [2.24, 2.45) is 5.41 Å². The SMILES string of the molecule is CN1CCC(C)(C(=O)Nc2ccc(NC(=O)CCc3ccccc3)cc2)CC1. The average molecular weight is 380 g/mol. The quantitative estimate of drug-likeness (QED) is 0.799. The number of likely N-dealkylation sites (tertiary alicyclic amines) is 1. The Bertz CT molecular complexity index is 794. The molecule has 5 nitrogen and oxygen atoms in total. The Morgan fingerprint density at radius 3 is 2.11 bits per heavy atom. The van der Waals surface area contributed by atoms with Gasteiger partial charge in [-0.3, -0.25) is 9.59 Å². The molecule has 0 aliphatic carbocycles. The summed E-state index contributed by atoms with van der Waals surface area (Å²) in [5.74, 6) is 0.0553. The molecule has 0 radical (unpaired) electrons. The predicted octanol–water partition coefficient (Wildman–Crippen LogP) is 3.93. The summed E-state index contributed by atoms with van der Waals surface area (Å²) in [6.45, 7) is 3.92. The summed E-state index contributed by atoms with van der Waals surface area (Å²) >= 11 is 0. The van der Waals surface area contributed by atoms with Crippen molar-refractivity contribution in [2.45, 2.75) is 32.6 Å². The largest absolute Gasteiger partial charge is 0.326 e. The second-order valence-electron chi connectivity index (χ2n) is 7.93. The van der Waals surface area contributed by atoms with E-state index in [2.05, 4.69) is 22.6 Å². The van der Waals surface area contributed by atoms with Gasteiger partial charge in [0, 0.05) is 23.2 Å². The average Bonchev–Trinajstić information content (AvgIpc) is 2.71. The summed E-state index contributed by atoms with van der Waals surface area (Å²) in [4.78, 5) is 27.1. The van der Waals surface area contributed by atoms with Gasteiger partial charge in [-0.15, -0.1) is 0 Å². The molecule has 2 aromatic carbocycles. The lowest BCUT2D eigenvalue weighted by molar-refractivity contribution is -0.127. The van der Waals surface area contributed by atoms with Crippen LogP contribution in [0.15, 0.2) is 54.6 Å². The molecule has 0 spiro atoms. The minimum atomic E-state index is -0.323. The maximum atomic E-state index is 12.7. The van der Waals surface area contributed by atoms with E-state index in [1.54, 1.807) is 0 Å². The van der Waals surface area contributed by atoms with Crippen LogP contribution in [0.4, 0.5) is 11.4 Å². The zero-order chi connectivity index (χ0) is 20.0. The zero-order valence-corrected chi connectivity index (χ0v) is 16.7. The van der Waals surface area contributed by atoms with Crippen molar-refractivity contribution in [3.8, 4) is 0 Å². The molecule has 1 aliphatic heterocycles. The monoisotopic (exact) mass is 379 g/mol. The highest BCUT2D eigenvalue weighted by molar-refractivity contribution is 5.96. The van der Waals surface area contributed by atoms with E-state index >= 15 is 0 Å². The second-order valence-corrected chi connectivity index (χ2v) is 7.93. The smallest absolute Gasteiger partial charge is 0.230 e. The van der Waals surface area contributed by atoms with Crippen LogP contribution in [-0.2, 0) is 16.0 Å². The van der Waals surface area contributed by atoms with Crippen LogP contribution < -0.4 is 10.6 Å². The van der Waals surface area contributed by atoms with Crippen LogP contribution in [0.2, 0.25) is 0 Å². The summed E-state index contributed by atoms with van der Waals surface area (Å²) in [6.07, 6.45) is 2.89. The number of rotatable bonds is 6. The number of nitrogens with zero attached hydrogens (tertiary/aromatic N) is 1. The first-order valence-electron chi connectivity index (χ1n) is 9.88. The van der Waals surface area contributed by atoms with E-state index in [1.165, 1.54) is 0 Å². The van der Waals surface area contributed by atoms with Gasteiger partial charge in [0.2, 0.25) is 11.8 Å².